The topological polar surface area (TPSA) is 32.3 Å². The molecule has 1 atom stereocenters. The molecule has 0 heterocycles. The summed E-state index contributed by atoms with van der Waals surface area (Å²) < 4.78 is 0. The van der Waals surface area contributed by atoms with Gasteiger partial charge in [0.05, 0.1) is 6.10 Å². The zero-order chi connectivity index (χ0) is 16.1. The van der Waals surface area contributed by atoms with Crippen molar-refractivity contribution in [2.75, 3.05) is 0 Å². The second kappa shape index (κ2) is 7.76. The van der Waals surface area contributed by atoms with Crippen LogP contribution < -0.4 is 5.32 Å². The SMILES string of the molecule is CC(NC1CCC(O)CC1)C(c1ccccc1)c1ccccc1. The first-order valence-corrected chi connectivity index (χ1v) is 8.78. The van der Waals surface area contributed by atoms with E-state index in [0.717, 1.165) is 25.7 Å². The summed E-state index contributed by atoms with van der Waals surface area (Å²) in [6, 6.07) is 22.4. The van der Waals surface area contributed by atoms with E-state index in [0.29, 0.717) is 18.0 Å². The highest BCUT2D eigenvalue weighted by atomic mass is 16.3. The zero-order valence-corrected chi connectivity index (χ0v) is 13.9. The van der Waals surface area contributed by atoms with E-state index in [9.17, 15) is 5.11 Å². The van der Waals surface area contributed by atoms with Crippen molar-refractivity contribution >= 4 is 0 Å². The minimum Gasteiger partial charge on any atom is -0.393 e. The molecule has 2 heteroatoms. The summed E-state index contributed by atoms with van der Waals surface area (Å²) in [6.07, 6.45) is 3.89. The molecule has 0 bridgehead atoms. The van der Waals surface area contributed by atoms with Crippen molar-refractivity contribution in [1.82, 2.24) is 5.32 Å². The normalized spacial score (nSPS) is 22.9. The van der Waals surface area contributed by atoms with Crippen LogP contribution in [0.1, 0.15) is 49.7 Å². The number of rotatable bonds is 5. The molecule has 1 fully saturated rings. The smallest absolute Gasteiger partial charge is 0.0541 e. The first-order valence-electron chi connectivity index (χ1n) is 8.78. The van der Waals surface area contributed by atoms with Crippen molar-refractivity contribution in [3.63, 3.8) is 0 Å². The molecule has 1 aliphatic carbocycles. The Morgan fingerprint density at radius 2 is 1.30 bits per heavy atom. The monoisotopic (exact) mass is 309 g/mol. The number of aliphatic hydroxyl groups excluding tert-OH is 1. The summed E-state index contributed by atoms with van der Waals surface area (Å²) in [5, 5.41) is 13.5. The first-order chi connectivity index (χ1) is 11.2. The molecule has 0 aromatic heterocycles. The standard InChI is InChI=1S/C21H27NO/c1-16(22-19-12-14-20(23)15-13-19)21(17-8-4-2-5-9-17)18-10-6-3-7-11-18/h2-11,16,19-23H,12-15H2,1H3. The van der Waals surface area contributed by atoms with Crippen LogP contribution in [-0.2, 0) is 0 Å². The molecule has 2 aromatic rings. The van der Waals surface area contributed by atoms with Gasteiger partial charge in [-0.15, -0.1) is 0 Å². The number of hydrogen-bond acceptors (Lipinski definition) is 2. The van der Waals surface area contributed by atoms with E-state index in [1.54, 1.807) is 0 Å². The van der Waals surface area contributed by atoms with Gasteiger partial charge in [0.2, 0.25) is 0 Å². The van der Waals surface area contributed by atoms with Gasteiger partial charge in [0, 0.05) is 18.0 Å². The molecule has 0 saturated heterocycles. The van der Waals surface area contributed by atoms with Crippen LogP contribution in [0.25, 0.3) is 0 Å². The van der Waals surface area contributed by atoms with Gasteiger partial charge in [0.25, 0.3) is 0 Å². The molecule has 1 saturated carbocycles. The molecule has 1 unspecified atom stereocenters. The van der Waals surface area contributed by atoms with Crippen molar-refractivity contribution in [2.24, 2.45) is 0 Å². The molecular weight excluding hydrogens is 282 g/mol. The second-order valence-electron chi connectivity index (χ2n) is 6.76. The number of aliphatic hydroxyl groups is 1. The number of hydrogen-bond donors (Lipinski definition) is 2. The molecule has 0 spiro atoms. The van der Waals surface area contributed by atoms with Gasteiger partial charge in [-0.25, -0.2) is 0 Å². The summed E-state index contributed by atoms with van der Waals surface area (Å²) in [7, 11) is 0. The lowest BCUT2D eigenvalue weighted by molar-refractivity contribution is 0.114. The van der Waals surface area contributed by atoms with Crippen LogP contribution in [0.4, 0.5) is 0 Å². The van der Waals surface area contributed by atoms with Gasteiger partial charge in [0.1, 0.15) is 0 Å². The van der Waals surface area contributed by atoms with Crippen LogP contribution in [0.5, 0.6) is 0 Å². The van der Waals surface area contributed by atoms with Crippen molar-refractivity contribution in [3.8, 4) is 0 Å². The van der Waals surface area contributed by atoms with Gasteiger partial charge in [-0.05, 0) is 43.7 Å². The van der Waals surface area contributed by atoms with E-state index in [4.69, 9.17) is 0 Å². The van der Waals surface area contributed by atoms with Gasteiger partial charge < -0.3 is 10.4 Å². The summed E-state index contributed by atoms with van der Waals surface area (Å²) in [6.45, 7) is 2.29. The van der Waals surface area contributed by atoms with Crippen molar-refractivity contribution < 1.29 is 5.11 Å². The Kier molecular flexibility index (Phi) is 5.47. The van der Waals surface area contributed by atoms with Crippen molar-refractivity contribution in [1.29, 1.82) is 0 Å². The quantitative estimate of drug-likeness (QED) is 0.871. The average Bonchev–Trinajstić information content (AvgIpc) is 2.59. The van der Waals surface area contributed by atoms with Crippen LogP contribution in [0.3, 0.4) is 0 Å². The highest BCUT2D eigenvalue weighted by Crippen LogP contribution is 2.29. The van der Waals surface area contributed by atoms with Crippen molar-refractivity contribution in [2.45, 2.75) is 56.7 Å². The lowest BCUT2D eigenvalue weighted by Crippen LogP contribution is -2.42. The number of benzene rings is 2. The predicted molar refractivity (Wildman–Crippen MR) is 95.6 cm³/mol. The van der Waals surface area contributed by atoms with E-state index >= 15 is 0 Å². The van der Waals surface area contributed by atoms with E-state index in [1.165, 1.54) is 11.1 Å². The van der Waals surface area contributed by atoms with Gasteiger partial charge >= 0.3 is 0 Å². The maximum absolute atomic E-state index is 9.70. The molecule has 2 nitrogen and oxygen atoms in total. The maximum atomic E-state index is 9.70. The molecule has 122 valence electrons. The van der Waals surface area contributed by atoms with Crippen LogP contribution in [0, 0.1) is 0 Å². The Labute approximate surface area is 139 Å². The Morgan fingerprint density at radius 3 is 1.78 bits per heavy atom. The molecule has 2 aromatic carbocycles. The van der Waals surface area contributed by atoms with Crippen LogP contribution >= 0.6 is 0 Å². The molecule has 23 heavy (non-hydrogen) atoms. The van der Waals surface area contributed by atoms with E-state index < -0.39 is 0 Å². The Balaban J connectivity index is 1.78. The molecule has 0 radical (unpaired) electrons. The fourth-order valence-corrected chi connectivity index (χ4v) is 3.80. The van der Waals surface area contributed by atoms with Crippen LogP contribution in [0.2, 0.25) is 0 Å². The minimum atomic E-state index is -0.0950. The van der Waals surface area contributed by atoms with Gasteiger partial charge in [-0.1, -0.05) is 60.7 Å². The minimum absolute atomic E-state index is 0.0950. The molecule has 0 aliphatic heterocycles. The molecule has 3 rings (SSSR count). The Morgan fingerprint density at radius 1 is 0.826 bits per heavy atom. The van der Waals surface area contributed by atoms with E-state index in [-0.39, 0.29) is 6.10 Å². The highest BCUT2D eigenvalue weighted by molar-refractivity contribution is 5.34. The summed E-state index contributed by atoms with van der Waals surface area (Å²) >= 11 is 0. The maximum Gasteiger partial charge on any atom is 0.0541 e. The third-order valence-corrected chi connectivity index (χ3v) is 5.01. The summed E-state index contributed by atoms with van der Waals surface area (Å²) in [5.41, 5.74) is 2.71. The Bertz CT molecular complexity index is 536. The Hall–Kier alpha value is -1.64. The van der Waals surface area contributed by atoms with E-state index in [1.807, 2.05) is 0 Å². The lowest BCUT2D eigenvalue weighted by Gasteiger charge is -2.33. The summed E-state index contributed by atoms with van der Waals surface area (Å²) in [5.74, 6) is 0.351. The van der Waals surface area contributed by atoms with Gasteiger partial charge in [0.15, 0.2) is 0 Å². The third-order valence-electron chi connectivity index (χ3n) is 5.01. The third kappa shape index (κ3) is 4.21. The largest absolute Gasteiger partial charge is 0.393 e. The second-order valence-corrected chi connectivity index (χ2v) is 6.76. The van der Waals surface area contributed by atoms with E-state index in [2.05, 4.69) is 72.9 Å². The van der Waals surface area contributed by atoms with Crippen molar-refractivity contribution in [3.05, 3.63) is 71.8 Å². The van der Waals surface area contributed by atoms with Gasteiger partial charge in [-0.2, -0.15) is 0 Å². The average molecular weight is 309 g/mol. The number of nitrogens with one attached hydrogen (secondary N) is 1. The first kappa shape index (κ1) is 16.2. The van der Waals surface area contributed by atoms with Crippen LogP contribution in [0.15, 0.2) is 60.7 Å². The molecule has 2 N–H and O–H groups in total. The van der Waals surface area contributed by atoms with Gasteiger partial charge in [-0.3, -0.25) is 0 Å². The summed E-state index contributed by atoms with van der Waals surface area (Å²) in [4.78, 5) is 0. The zero-order valence-electron chi connectivity index (χ0n) is 13.9. The fraction of sp³-hybridized carbons (Fsp3) is 0.429. The fourth-order valence-electron chi connectivity index (χ4n) is 3.80. The lowest BCUT2D eigenvalue weighted by atomic mass is 9.84. The van der Waals surface area contributed by atoms with Crippen LogP contribution in [-0.4, -0.2) is 23.3 Å². The highest BCUT2D eigenvalue weighted by Gasteiger charge is 2.26. The molecular formula is C21H27NO. The predicted octanol–water partition coefficient (Wildman–Crippen LogP) is 4.10. The molecule has 1 aliphatic rings. The molecule has 0 amide bonds.